The average Bonchev–Trinajstić information content (AvgIpc) is 3.06. The summed E-state index contributed by atoms with van der Waals surface area (Å²) >= 11 is 1.07. The van der Waals surface area contributed by atoms with Gasteiger partial charge in [0.1, 0.15) is 24.4 Å². The van der Waals surface area contributed by atoms with Crippen molar-refractivity contribution in [1.82, 2.24) is 5.32 Å². The minimum atomic E-state index is -1.61. The van der Waals surface area contributed by atoms with Crippen LogP contribution in [0.1, 0.15) is 12.0 Å². The molecule has 6 atom stereocenters. The van der Waals surface area contributed by atoms with E-state index in [-0.39, 0.29) is 6.42 Å². The molecular formula is C18H23NO8S. The molecule has 2 fully saturated rings. The summed E-state index contributed by atoms with van der Waals surface area (Å²) in [5, 5.41) is 32.1. The predicted molar refractivity (Wildman–Crippen MR) is 97.6 cm³/mol. The van der Waals surface area contributed by atoms with Crippen LogP contribution >= 0.6 is 11.8 Å². The van der Waals surface area contributed by atoms with Crippen LogP contribution in [-0.4, -0.2) is 76.5 Å². The Labute approximate surface area is 166 Å². The lowest BCUT2D eigenvalue weighted by Gasteiger charge is -2.44. The number of aryl methyl sites for hydroxylation is 1. The molecule has 0 aromatic heterocycles. The first kappa shape index (κ1) is 20.9. The summed E-state index contributed by atoms with van der Waals surface area (Å²) in [6, 6.07) is 6.58. The number of alkyl carbamates (subject to hydrolysis) is 1. The van der Waals surface area contributed by atoms with E-state index in [1.807, 2.05) is 31.2 Å². The summed E-state index contributed by atoms with van der Waals surface area (Å²) in [5.74, 6) is -0.713. The number of amides is 1. The molecule has 2 aliphatic heterocycles. The Morgan fingerprint density at radius 1 is 1.39 bits per heavy atom. The van der Waals surface area contributed by atoms with E-state index in [1.54, 1.807) is 0 Å². The van der Waals surface area contributed by atoms with Crippen LogP contribution in [0.15, 0.2) is 29.2 Å². The highest BCUT2D eigenvalue weighted by molar-refractivity contribution is 8.01. The third kappa shape index (κ3) is 3.96. The van der Waals surface area contributed by atoms with E-state index in [1.165, 1.54) is 7.11 Å². The first-order valence-corrected chi connectivity index (χ1v) is 9.57. The molecule has 3 unspecified atom stereocenters. The van der Waals surface area contributed by atoms with Crippen LogP contribution in [0.2, 0.25) is 0 Å². The van der Waals surface area contributed by atoms with Gasteiger partial charge in [-0.15, -0.1) is 0 Å². The van der Waals surface area contributed by atoms with E-state index in [0.29, 0.717) is 4.90 Å². The van der Waals surface area contributed by atoms with Gasteiger partial charge < -0.3 is 34.8 Å². The minimum Gasteiger partial charge on any atom is -0.466 e. The third-order valence-corrected chi connectivity index (χ3v) is 6.08. The van der Waals surface area contributed by atoms with Gasteiger partial charge in [0.05, 0.1) is 19.8 Å². The first-order chi connectivity index (χ1) is 13.3. The second-order valence-electron chi connectivity index (χ2n) is 6.80. The molecule has 10 heteroatoms. The lowest BCUT2D eigenvalue weighted by atomic mass is 9.90. The van der Waals surface area contributed by atoms with Crippen molar-refractivity contribution in [2.45, 2.75) is 53.6 Å². The Morgan fingerprint density at radius 3 is 2.68 bits per heavy atom. The number of carbonyl (C=O) groups is 2. The SMILES string of the molecule is COC(=O)C1(Sc2ccc(C)cc2)CC2OC(=O)NC2[C@H]([C@H](O)[C@H](O)CO)O1. The monoisotopic (exact) mass is 413 g/mol. The lowest BCUT2D eigenvalue weighted by molar-refractivity contribution is -0.199. The Balaban J connectivity index is 1.97. The zero-order chi connectivity index (χ0) is 20.5. The van der Waals surface area contributed by atoms with Crippen molar-refractivity contribution in [3.05, 3.63) is 29.8 Å². The average molecular weight is 413 g/mol. The molecule has 1 aromatic carbocycles. The molecule has 9 nitrogen and oxygen atoms in total. The third-order valence-electron chi connectivity index (χ3n) is 4.81. The number of hydrogen-bond acceptors (Lipinski definition) is 9. The maximum atomic E-state index is 12.7. The second kappa shape index (κ2) is 8.26. The van der Waals surface area contributed by atoms with E-state index in [9.17, 15) is 24.9 Å². The fourth-order valence-corrected chi connectivity index (χ4v) is 4.57. The molecule has 1 aromatic rings. The van der Waals surface area contributed by atoms with Gasteiger partial charge in [0, 0.05) is 11.3 Å². The van der Waals surface area contributed by atoms with Crippen molar-refractivity contribution in [3.63, 3.8) is 0 Å². The van der Waals surface area contributed by atoms with E-state index in [4.69, 9.17) is 14.2 Å². The van der Waals surface area contributed by atoms with Crippen LogP contribution in [0.5, 0.6) is 0 Å². The van der Waals surface area contributed by atoms with E-state index in [2.05, 4.69) is 5.32 Å². The van der Waals surface area contributed by atoms with Crippen molar-refractivity contribution < 1.29 is 39.1 Å². The lowest BCUT2D eigenvalue weighted by Crippen LogP contribution is -2.63. The molecule has 2 aliphatic rings. The van der Waals surface area contributed by atoms with Gasteiger partial charge in [0.15, 0.2) is 0 Å². The number of carbonyl (C=O) groups excluding carboxylic acids is 2. The van der Waals surface area contributed by atoms with Gasteiger partial charge in [-0.3, -0.25) is 0 Å². The Kier molecular flexibility index (Phi) is 6.15. The molecule has 0 radical (unpaired) electrons. The summed E-state index contributed by atoms with van der Waals surface area (Å²) in [5.41, 5.74) is 1.04. The molecule has 2 saturated heterocycles. The normalized spacial score (nSPS) is 31.3. The van der Waals surface area contributed by atoms with Crippen molar-refractivity contribution in [2.75, 3.05) is 13.7 Å². The molecule has 2 heterocycles. The van der Waals surface area contributed by atoms with E-state index < -0.39 is 54.1 Å². The van der Waals surface area contributed by atoms with Crippen LogP contribution in [0.3, 0.4) is 0 Å². The fourth-order valence-electron chi connectivity index (χ4n) is 3.34. The first-order valence-electron chi connectivity index (χ1n) is 8.75. The molecule has 0 aliphatic carbocycles. The van der Waals surface area contributed by atoms with Crippen molar-refractivity contribution in [1.29, 1.82) is 0 Å². The van der Waals surface area contributed by atoms with Crippen LogP contribution in [0, 0.1) is 6.92 Å². The molecule has 28 heavy (non-hydrogen) atoms. The number of esters is 1. The summed E-state index contributed by atoms with van der Waals surface area (Å²) in [4.78, 5) is 23.6. The Hall–Kier alpha value is -1.85. The van der Waals surface area contributed by atoms with Gasteiger partial charge >= 0.3 is 12.1 Å². The van der Waals surface area contributed by atoms with E-state index >= 15 is 0 Å². The van der Waals surface area contributed by atoms with Crippen molar-refractivity contribution >= 4 is 23.8 Å². The van der Waals surface area contributed by atoms with Gasteiger partial charge in [-0.1, -0.05) is 29.5 Å². The largest absolute Gasteiger partial charge is 0.466 e. The van der Waals surface area contributed by atoms with Crippen molar-refractivity contribution in [3.8, 4) is 0 Å². The molecule has 4 N–H and O–H groups in total. The minimum absolute atomic E-state index is 0.0138. The highest BCUT2D eigenvalue weighted by Gasteiger charge is 2.59. The molecule has 154 valence electrons. The number of aliphatic hydroxyl groups excluding tert-OH is 3. The van der Waals surface area contributed by atoms with E-state index in [0.717, 1.165) is 17.3 Å². The van der Waals surface area contributed by atoms with Gasteiger partial charge in [-0.25, -0.2) is 9.59 Å². The van der Waals surface area contributed by atoms with Crippen LogP contribution < -0.4 is 5.32 Å². The van der Waals surface area contributed by atoms with Crippen molar-refractivity contribution in [2.24, 2.45) is 0 Å². The molecular weight excluding hydrogens is 390 g/mol. The van der Waals surface area contributed by atoms with Gasteiger partial charge in [-0.05, 0) is 19.1 Å². The number of benzene rings is 1. The molecule has 0 spiro atoms. The van der Waals surface area contributed by atoms with Crippen LogP contribution in [-0.2, 0) is 19.0 Å². The van der Waals surface area contributed by atoms with Crippen LogP contribution in [0.25, 0.3) is 0 Å². The Morgan fingerprint density at radius 2 is 2.07 bits per heavy atom. The quantitative estimate of drug-likeness (QED) is 0.473. The summed E-state index contributed by atoms with van der Waals surface area (Å²) in [6.45, 7) is 1.21. The predicted octanol–water partition coefficient (Wildman–Crippen LogP) is -0.0636. The number of ether oxygens (including phenoxy) is 3. The summed E-state index contributed by atoms with van der Waals surface area (Å²) in [6.07, 6.45) is -5.81. The second-order valence-corrected chi connectivity index (χ2v) is 8.14. The molecule has 0 saturated carbocycles. The number of methoxy groups -OCH3 is 1. The number of thioether (sulfide) groups is 1. The summed E-state index contributed by atoms with van der Waals surface area (Å²) in [7, 11) is 1.21. The zero-order valence-electron chi connectivity index (χ0n) is 15.4. The molecule has 3 rings (SSSR count). The standard InChI is InChI=1S/C18H23NO8S/c1-9-3-5-10(6-4-9)28-18(16(23)25-2)7-12-13(19-17(24)26-12)15(27-18)14(22)11(21)8-20/h3-6,11-15,20-22H,7-8H2,1-2H3,(H,19,24)/t11-,12?,13?,14-,15-,18?/m1/s1. The van der Waals surface area contributed by atoms with Gasteiger partial charge in [0.25, 0.3) is 0 Å². The van der Waals surface area contributed by atoms with Gasteiger partial charge in [0.2, 0.25) is 4.93 Å². The zero-order valence-corrected chi connectivity index (χ0v) is 16.2. The summed E-state index contributed by atoms with van der Waals surface area (Å²) < 4.78 is 16.2. The molecule has 0 bridgehead atoms. The number of fused-ring (bicyclic) bond motifs is 1. The highest BCUT2D eigenvalue weighted by Crippen LogP contribution is 2.46. The topological polar surface area (TPSA) is 135 Å². The maximum absolute atomic E-state index is 12.7. The Bertz CT molecular complexity index is 729. The maximum Gasteiger partial charge on any atom is 0.407 e. The fraction of sp³-hybridized carbons (Fsp3) is 0.556. The number of hydrogen-bond donors (Lipinski definition) is 4. The number of nitrogens with one attached hydrogen (secondary N) is 1. The number of rotatable bonds is 6. The highest BCUT2D eigenvalue weighted by atomic mass is 32.2. The number of aliphatic hydroxyl groups is 3. The molecule has 1 amide bonds. The van der Waals surface area contributed by atoms with Crippen LogP contribution in [0.4, 0.5) is 4.79 Å². The van der Waals surface area contributed by atoms with Gasteiger partial charge in [-0.2, -0.15) is 0 Å². The smallest absolute Gasteiger partial charge is 0.407 e.